The number of fused-ring (bicyclic) bond motifs is 4. The number of nitrogens with two attached hydrogens (primary N) is 1. The highest BCUT2D eigenvalue weighted by atomic mass is 35.5. The maximum absolute atomic E-state index is 17.1. The second-order valence-electron chi connectivity index (χ2n) is 12.5. The molecule has 0 bridgehead atoms. The van der Waals surface area contributed by atoms with Gasteiger partial charge in [0.05, 0.1) is 38.4 Å². The second kappa shape index (κ2) is 11.0. The number of nitriles is 1. The third-order valence-corrected chi connectivity index (χ3v) is 11.5. The molecule has 46 heavy (non-hydrogen) atoms. The van der Waals surface area contributed by atoms with Crippen molar-refractivity contribution >= 4 is 54.7 Å². The first kappa shape index (κ1) is 29.8. The van der Waals surface area contributed by atoms with E-state index in [1.165, 1.54) is 12.1 Å². The number of piperidine rings is 1. The number of nitrogens with zero attached hydrogens (tertiary/aromatic N) is 5. The number of halogens is 4. The Morgan fingerprint density at radius 1 is 1.26 bits per heavy atom. The molecule has 0 radical (unpaired) electrons. The molecule has 0 amide bonds. The molecule has 3 unspecified atom stereocenters. The molecule has 0 spiro atoms. The van der Waals surface area contributed by atoms with Crippen LogP contribution in [0.5, 0.6) is 11.8 Å². The van der Waals surface area contributed by atoms with Gasteiger partial charge in [0.2, 0.25) is 0 Å². The molecule has 2 N–H and O–H groups in total. The number of thiophene rings is 1. The Morgan fingerprint density at radius 3 is 2.91 bits per heavy atom. The van der Waals surface area contributed by atoms with Gasteiger partial charge >= 0.3 is 6.01 Å². The lowest BCUT2D eigenvalue weighted by Crippen LogP contribution is -2.47. The molecule has 4 aliphatic rings. The van der Waals surface area contributed by atoms with Crippen molar-refractivity contribution in [3.8, 4) is 29.0 Å². The molecule has 4 aliphatic heterocycles. The summed E-state index contributed by atoms with van der Waals surface area (Å²) in [4.78, 5) is 13.6. The van der Waals surface area contributed by atoms with Crippen molar-refractivity contribution in [3.63, 3.8) is 0 Å². The van der Waals surface area contributed by atoms with Crippen molar-refractivity contribution in [2.75, 3.05) is 50.6 Å². The number of hydrogen-bond donors (Lipinski definition) is 1. The fraction of sp³-hybridized carbons (Fsp3) is 0.469. The van der Waals surface area contributed by atoms with Crippen LogP contribution < -0.4 is 20.1 Å². The maximum atomic E-state index is 17.1. The van der Waals surface area contributed by atoms with Crippen LogP contribution >= 0.6 is 22.9 Å². The van der Waals surface area contributed by atoms with E-state index in [0.717, 1.165) is 37.1 Å². The maximum Gasteiger partial charge on any atom is 0.319 e. The minimum atomic E-state index is -0.937. The summed E-state index contributed by atoms with van der Waals surface area (Å²) in [6.07, 6.45) is 2.53. The van der Waals surface area contributed by atoms with Crippen molar-refractivity contribution in [1.82, 2.24) is 14.9 Å². The zero-order valence-electron chi connectivity index (χ0n) is 24.9. The van der Waals surface area contributed by atoms with Crippen molar-refractivity contribution < 1.29 is 27.4 Å². The number of anilines is 2. The largest absolute Gasteiger partial charge is 0.489 e. The Kier molecular flexibility index (Phi) is 7.13. The molecule has 9 nitrogen and oxygen atoms in total. The number of rotatable bonds is 5. The highest BCUT2D eigenvalue weighted by molar-refractivity contribution is 7.23. The fourth-order valence-corrected chi connectivity index (χ4v) is 9.16. The summed E-state index contributed by atoms with van der Waals surface area (Å²) in [7, 11) is 1.67. The molecule has 2 aromatic heterocycles. The van der Waals surface area contributed by atoms with E-state index in [1.807, 2.05) is 6.07 Å². The second-order valence-corrected chi connectivity index (χ2v) is 14.0. The van der Waals surface area contributed by atoms with Crippen LogP contribution in [0, 0.1) is 23.0 Å². The van der Waals surface area contributed by atoms with Crippen LogP contribution in [0.1, 0.15) is 37.7 Å². The Morgan fingerprint density at radius 2 is 2.11 bits per heavy atom. The van der Waals surface area contributed by atoms with Crippen molar-refractivity contribution in [2.45, 2.75) is 56.0 Å². The number of nitrogen functional groups attached to an aromatic ring is 1. The summed E-state index contributed by atoms with van der Waals surface area (Å²) in [5.74, 6) is -0.764. The smallest absolute Gasteiger partial charge is 0.319 e. The van der Waals surface area contributed by atoms with Gasteiger partial charge < -0.3 is 24.8 Å². The third kappa shape index (κ3) is 4.41. The van der Waals surface area contributed by atoms with Crippen molar-refractivity contribution in [3.05, 3.63) is 34.4 Å². The minimum Gasteiger partial charge on any atom is -0.489 e. The van der Waals surface area contributed by atoms with Crippen LogP contribution in [0.3, 0.4) is 0 Å². The summed E-state index contributed by atoms with van der Waals surface area (Å²) in [6, 6.07) is 4.42. The highest BCUT2D eigenvalue weighted by Gasteiger charge is 2.49. The summed E-state index contributed by atoms with van der Waals surface area (Å²) in [6.45, 7) is 2.11. The molecule has 3 saturated heterocycles. The first-order chi connectivity index (χ1) is 22.2. The number of hydrogen-bond acceptors (Lipinski definition) is 10. The van der Waals surface area contributed by atoms with Crippen LogP contribution in [-0.2, 0) is 4.74 Å². The third-order valence-electron chi connectivity index (χ3n) is 10.1. The normalized spacial score (nSPS) is 25.7. The average Bonchev–Trinajstić information content (AvgIpc) is 3.66. The Labute approximate surface area is 271 Å². The fourth-order valence-electron chi connectivity index (χ4n) is 7.88. The van der Waals surface area contributed by atoms with E-state index < -0.39 is 23.3 Å². The summed E-state index contributed by atoms with van der Waals surface area (Å²) in [5, 5.41) is 10.4. The van der Waals surface area contributed by atoms with Gasteiger partial charge in [0, 0.05) is 37.6 Å². The molecular weight excluding hydrogens is 641 g/mol. The van der Waals surface area contributed by atoms with Crippen LogP contribution in [0.25, 0.3) is 32.1 Å². The molecule has 4 aromatic rings. The number of ether oxygens (including phenoxy) is 3. The van der Waals surface area contributed by atoms with Gasteiger partial charge in [-0.25, -0.2) is 13.2 Å². The van der Waals surface area contributed by atoms with Gasteiger partial charge in [-0.1, -0.05) is 17.7 Å². The lowest BCUT2D eigenvalue weighted by atomic mass is 9.95. The van der Waals surface area contributed by atoms with E-state index in [0.29, 0.717) is 37.1 Å². The van der Waals surface area contributed by atoms with Crippen LogP contribution in [0.2, 0.25) is 5.02 Å². The first-order valence-electron chi connectivity index (χ1n) is 15.3. The number of alkyl halides is 1. The summed E-state index contributed by atoms with van der Waals surface area (Å²) in [5.41, 5.74) is 5.68. The van der Waals surface area contributed by atoms with Gasteiger partial charge in [-0.05, 0) is 43.9 Å². The zero-order valence-corrected chi connectivity index (χ0v) is 26.5. The van der Waals surface area contributed by atoms with Gasteiger partial charge in [-0.2, -0.15) is 15.2 Å². The van der Waals surface area contributed by atoms with E-state index in [9.17, 15) is 14.0 Å². The monoisotopic (exact) mass is 670 g/mol. The number of aromatic nitrogens is 2. The first-order valence-corrected chi connectivity index (χ1v) is 16.5. The highest BCUT2D eigenvalue weighted by Crippen LogP contribution is 2.51. The average molecular weight is 671 g/mol. The van der Waals surface area contributed by atoms with Gasteiger partial charge in [0.1, 0.15) is 47.6 Å². The zero-order chi connectivity index (χ0) is 31.9. The Bertz CT molecular complexity index is 1950. The quantitative estimate of drug-likeness (QED) is 0.264. The van der Waals surface area contributed by atoms with Crippen LogP contribution in [0.15, 0.2) is 12.1 Å². The number of benzene rings is 2. The molecule has 0 aliphatic carbocycles. The Hall–Kier alpha value is -3.57. The van der Waals surface area contributed by atoms with Gasteiger partial charge in [0.15, 0.2) is 11.6 Å². The predicted octanol–water partition coefficient (Wildman–Crippen LogP) is 6.23. The Balaban J connectivity index is 1.33. The minimum absolute atomic E-state index is 0.00583. The topological polar surface area (TPSA) is 110 Å². The summed E-state index contributed by atoms with van der Waals surface area (Å²) >= 11 is 7.94. The lowest BCUT2D eigenvalue weighted by Gasteiger charge is -2.38. The van der Waals surface area contributed by atoms with E-state index >= 15 is 4.39 Å². The molecule has 240 valence electrons. The van der Waals surface area contributed by atoms with Gasteiger partial charge in [-0.3, -0.25) is 4.90 Å². The standard InChI is InChI=1S/C32H30ClF3N6O3S/c1-43-17-5-8-42-16(9-17)13-44-27-23-26(39-31(40-30(23)42)45-14-32-6-2-7-41(32)12-15(34)10-32)25(36)22(24(27)33)18-3-4-20(35)28-21(18)19(11-37)29(38)46-28/h3-4,15-17H,2,5-10,12-14,38H2,1H3/t15-,16?,17?,32?/m1/s1. The molecule has 8 rings (SSSR count). The molecule has 0 saturated carbocycles. The lowest BCUT2D eigenvalue weighted by molar-refractivity contribution is 0.0630. The van der Waals surface area contributed by atoms with E-state index in [4.69, 9.17) is 36.5 Å². The molecule has 14 heteroatoms. The number of methoxy groups -OCH3 is 1. The van der Waals surface area contributed by atoms with Crippen molar-refractivity contribution in [2.24, 2.45) is 0 Å². The molecule has 4 atom stereocenters. The SMILES string of the molecule is COC1CCN2c3nc(OCC45CCCN4C[C@H](F)C5)nc4c(F)c(-c5ccc(F)c6sc(N)c(C#N)c56)c(Cl)c(c34)OCC2C1. The van der Waals surface area contributed by atoms with Crippen LogP contribution in [-0.4, -0.2) is 78.7 Å². The summed E-state index contributed by atoms with van der Waals surface area (Å²) < 4.78 is 64.9. The molecule has 2 aromatic carbocycles. The van der Waals surface area contributed by atoms with Gasteiger partial charge in [-0.15, -0.1) is 11.3 Å². The van der Waals surface area contributed by atoms with E-state index in [-0.39, 0.29) is 79.4 Å². The molecule has 6 heterocycles. The molecule has 3 fully saturated rings. The van der Waals surface area contributed by atoms with Crippen LogP contribution in [0.4, 0.5) is 24.0 Å². The molecular formula is C32H30ClF3N6O3S. The van der Waals surface area contributed by atoms with Gasteiger partial charge in [0.25, 0.3) is 0 Å². The predicted molar refractivity (Wildman–Crippen MR) is 170 cm³/mol. The van der Waals surface area contributed by atoms with Crippen molar-refractivity contribution in [1.29, 1.82) is 5.26 Å². The van der Waals surface area contributed by atoms with E-state index in [1.54, 1.807) is 7.11 Å². The van der Waals surface area contributed by atoms with E-state index in [2.05, 4.69) is 14.8 Å².